The van der Waals surface area contributed by atoms with Crippen LogP contribution in [0.4, 0.5) is 5.69 Å². The lowest BCUT2D eigenvalue weighted by molar-refractivity contribution is 1.12. The highest BCUT2D eigenvalue weighted by atomic mass is 14.9. The van der Waals surface area contributed by atoms with Crippen molar-refractivity contribution < 1.29 is 0 Å². The summed E-state index contributed by atoms with van der Waals surface area (Å²) in [6, 6.07) is 18.5. The van der Waals surface area contributed by atoms with Crippen molar-refractivity contribution >= 4 is 5.69 Å². The van der Waals surface area contributed by atoms with Gasteiger partial charge in [-0.25, -0.2) is 0 Å². The van der Waals surface area contributed by atoms with Gasteiger partial charge in [-0.15, -0.1) is 0 Å². The molecule has 2 heteroatoms. The molecule has 0 aliphatic rings. The van der Waals surface area contributed by atoms with Crippen molar-refractivity contribution in [2.75, 3.05) is 5.32 Å². The number of nitrogens with zero attached hydrogens (tertiary/aromatic N) is 1. The minimum atomic E-state index is 0.465. The second kappa shape index (κ2) is 5.88. The second-order valence-electron chi connectivity index (χ2n) is 4.26. The normalized spacial score (nSPS) is 9.78. The van der Waals surface area contributed by atoms with E-state index in [0.717, 1.165) is 23.4 Å². The standard InChI is InChI=1S/C16H16N2/c1-13-15(10-11-17)8-5-9-16(13)18-12-14-6-3-2-4-7-14/h2-9,18H,10,12H2,1H3. The zero-order valence-corrected chi connectivity index (χ0v) is 10.5. The molecule has 0 spiro atoms. The number of nitriles is 1. The Morgan fingerprint density at radius 1 is 1.06 bits per heavy atom. The van der Waals surface area contributed by atoms with Crippen molar-refractivity contribution in [3.63, 3.8) is 0 Å². The lowest BCUT2D eigenvalue weighted by Gasteiger charge is -2.12. The van der Waals surface area contributed by atoms with Gasteiger partial charge in [0, 0.05) is 12.2 Å². The zero-order valence-electron chi connectivity index (χ0n) is 10.5. The summed E-state index contributed by atoms with van der Waals surface area (Å²) in [6.07, 6.45) is 0.465. The van der Waals surface area contributed by atoms with Crippen LogP contribution >= 0.6 is 0 Å². The second-order valence-corrected chi connectivity index (χ2v) is 4.26. The van der Waals surface area contributed by atoms with Crippen LogP contribution < -0.4 is 5.32 Å². The molecule has 2 aromatic rings. The van der Waals surface area contributed by atoms with Crippen LogP contribution in [0.3, 0.4) is 0 Å². The molecular weight excluding hydrogens is 220 g/mol. The van der Waals surface area contributed by atoms with Crippen LogP contribution in [0.15, 0.2) is 48.5 Å². The van der Waals surface area contributed by atoms with E-state index in [0.29, 0.717) is 6.42 Å². The summed E-state index contributed by atoms with van der Waals surface area (Å²) in [5.41, 5.74) is 4.61. The van der Waals surface area contributed by atoms with E-state index in [1.54, 1.807) is 0 Å². The molecule has 2 aromatic carbocycles. The molecule has 0 amide bonds. The lowest BCUT2D eigenvalue weighted by atomic mass is 10.0. The van der Waals surface area contributed by atoms with Gasteiger partial charge in [0.1, 0.15) is 0 Å². The summed E-state index contributed by atoms with van der Waals surface area (Å²) in [5.74, 6) is 0. The first kappa shape index (κ1) is 12.2. The fourth-order valence-corrected chi connectivity index (χ4v) is 1.94. The van der Waals surface area contributed by atoms with E-state index in [4.69, 9.17) is 5.26 Å². The minimum absolute atomic E-state index is 0.465. The summed E-state index contributed by atoms with van der Waals surface area (Å²) in [7, 11) is 0. The van der Waals surface area contributed by atoms with E-state index < -0.39 is 0 Å². The molecule has 0 fully saturated rings. The third kappa shape index (κ3) is 2.89. The first-order valence-electron chi connectivity index (χ1n) is 6.04. The molecule has 0 bridgehead atoms. The van der Waals surface area contributed by atoms with Gasteiger partial charge in [-0.05, 0) is 29.7 Å². The molecule has 0 saturated heterocycles. The highest BCUT2D eigenvalue weighted by Gasteiger charge is 2.03. The number of hydrogen-bond acceptors (Lipinski definition) is 2. The molecule has 0 radical (unpaired) electrons. The smallest absolute Gasteiger partial charge is 0.0669 e. The van der Waals surface area contributed by atoms with Gasteiger partial charge < -0.3 is 5.32 Å². The van der Waals surface area contributed by atoms with Crippen molar-refractivity contribution in [1.29, 1.82) is 5.26 Å². The monoisotopic (exact) mass is 236 g/mol. The molecule has 0 unspecified atom stereocenters. The molecule has 0 heterocycles. The number of nitrogens with one attached hydrogen (secondary N) is 1. The Labute approximate surface area is 108 Å². The molecule has 18 heavy (non-hydrogen) atoms. The molecule has 0 saturated carbocycles. The Morgan fingerprint density at radius 3 is 2.56 bits per heavy atom. The van der Waals surface area contributed by atoms with E-state index >= 15 is 0 Å². The van der Waals surface area contributed by atoms with Crippen molar-refractivity contribution in [2.24, 2.45) is 0 Å². The van der Waals surface area contributed by atoms with Crippen LogP contribution in [0.2, 0.25) is 0 Å². The minimum Gasteiger partial charge on any atom is -0.381 e. The van der Waals surface area contributed by atoms with Gasteiger partial charge >= 0.3 is 0 Å². The van der Waals surface area contributed by atoms with E-state index in [2.05, 4.69) is 36.5 Å². The average Bonchev–Trinajstić information content (AvgIpc) is 2.41. The number of hydrogen-bond donors (Lipinski definition) is 1. The first-order chi connectivity index (χ1) is 8.81. The number of benzene rings is 2. The van der Waals surface area contributed by atoms with E-state index in [-0.39, 0.29) is 0 Å². The zero-order chi connectivity index (χ0) is 12.8. The van der Waals surface area contributed by atoms with Crippen LogP contribution in [-0.2, 0) is 13.0 Å². The first-order valence-corrected chi connectivity index (χ1v) is 6.04. The van der Waals surface area contributed by atoms with Crippen LogP contribution in [0.1, 0.15) is 16.7 Å². The largest absolute Gasteiger partial charge is 0.381 e. The van der Waals surface area contributed by atoms with Gasteiger partial charge in [-0.3, -0.25) is 0 Å². The molecule has 90 valence electrons. The molecule has 0 atom stereocenters. The fourth-order valence-electron chi connectivity index (χ4n) is 1.94. The van der Waals surface area contributed by atoms with Crippen LogP contribution in [-0.4, -0.2) is 0 Å². The predicted octanol–water partition coefficient (Wildman–Crippen LogP) is 3.67. The van der Waals surface area contributed by atoms with Gasteiger partial charge in [0.25, 0.3) is 0 Å². The number of anilines is 1. The molecule has 0 aliphatic heterocycles. The summed E-state index contributed by atoms with van der Waals surface area (Å²) in [5, 5.41) is 12.2. The molecule has 0 aromatic heterocycles. The summed E-state index contributed by atoms with van der Waals surface area (Å²) in [6.45, 7) is 2.86. The highest BCUT2D eigenvalue weighted by molar-refractivity contribution is 5.54. The van der Waals surface area contributed by atoms with Crippen molar-refractivity contribution in [1.82, 2.24) is 0 Å². The average molecular weight is 236 g/mol. The quantitative estimate of drug-likeness (QED) is 0.879. The maximum atomic E-state index is 8.77. The Balaban J connectivity index is 2.10. The molecule has 2 nitrogen and oxygen atoms in total. The summed E-state index contributed by atoms with van der Waals surface area (Å²) in [4.78, 5) is 0. The van der Waals surface area contributed by atoms with E-state index in [9.17, 15) is 0 Å². The fraction of sp³-hybridized carbons (Fsp3) is 0.188. The van der Waals surface area contributed by atoms with Gasteiger partial charge in [-0.1, -0.05) is 42.5 Å². The Kier molecular flexibility index (Phi) is 3.98. The van der Waals surface area contributed by atoms with Crippen molar-refractivity contribution in [2.45, 2.75) is 19.9 Å². The number of rotatable bonds is 4. The third-order valence-electron chi connectivity index (χ3n) is 3.04. The van der Waals surface area contributed by atoms with Crippen molar-refractivity contribution in [3.05, 3.63) is 65.2 Å². The Hall–Kier alpha value is -2.27. The predicted molar refractivity (Wildman–Crippen MR) is 74.3 cm³/mol. The SMILES string of the molecule is Cc1c(CC#N)cccc1NCc1ccccc1. The maximum absolute atomic E-state index is 8.77. The van der Waals surface area contributed by atoms with Gasteiger partial charge in [-0.2, -0.15) is 5.26 Å². The van der Waals surface area contributed by atoms with Gasteiger partial charge in [0.15, 0.2) is 0 Å². The van der Waals surface area contributed by atoms with Crippen LogP contribution in [0.25, 0.3) is 0 Å². The van der Waals surface area contributed by atoms with Crippen LogP contribution in [0.5, 0.6) is 0 Å². The maximum Gasteiger partial charge on any atom is 0.0669 e. The Morgan fingerprint density at radius 2 is 1.83 bits per heavy atom. The van der Waals surface area contributed by atoms with Gasteiger partial charge in [0.2, 0.25) is 0 Å². The van der Waals surface area contributed by atoms with E-state index in [1.807, 2.05) is 30.3 Å². The van der Waals surface area contributed by atoms with Crippen molar-refractivity contribution in [3.8, 4) is 6.07 Å². The Bertz CT molecular complexity index is 553. The van der Waals surface area contributed by atoms with Crippen LogP contribution in [0, 0.1) is 18.3 Å². The topological polar surface area (TPSA) is 35.8 Å². The molecule has 0 aliphatic carbocycles. The third-order valence-corrected chi connectivity index (χ3v) is 3.04. The summed E-state index contributed by atoms with van der Waals surface area (Å²) < 4.78 is 0. The highest BCUT2D eigenvalue weighted by Crippen LogP contribution is 2.20. The summed E-state index contributed by atoms with van der Waals surface area (Å²) >= 11 is 0. The van der Waals surface area contributed by atoms with E-state index in [1.165, 1.54) is 5.56 Å². The van der Waals surface area contributed by atoms with Gasteiger partial charge in [0.05, 0.1) is 12.5 Å². The lowest BCUT2D eigenvalue weighted by Crippen LogP contribution is -2.02. The molecular formula is C16H16N2. The molecule has 2 rings (SSSR count). The molecule has 1 N–H and O–H groups in total.